The van der Waals surface area contributed by atoms with Crippen LogP contribution in [0.25, 0.3) is 0 Å². The molecule has 0 radical (unpaired) electrons. The summed E-state index contributed by atoms with van der Waals surface area (Å²) in [5.41, 5.74) is 1.04. The first-order chi connectivity index (χ1) is 6.38. The Morgan fingerprint density at radius 2 is 2.54 bits per heavy atom. The predicted octanol–water partition coefficient (Wildman–Crippen LogP) is 1.64. The summed E-state index contributed by atoms with van der Waals surface area (Å²) < 4.78 is 5.21. The highest BCUT2D eigenvalue weighted by Gasteiger charge is 2.01. The van der Waals surface area contributed by atoms with Gasteiger partial charge in [0.05, 0.1) is 12.5 Å². The zero-order valence-electron chi connectivity index (χ0n) is 7.37. The van der Waals surface area contributed by atoms with Crippen LogP contribution in [0.4, 0.5) is 5.95 Å². The first-order valence-electron chi connectivity index (χ1n) is 4.12. The lowest BCUT2D eigenvalue weighted by Gasteiger charge is -1.92. The number of aromatic amines is 1. The summed E-state index contributed by atoms with van der Waals surface area (Å²) in [5.74, 6) is 1.72. The molecule has 0 saturated heterocycles. The summed E-state index contributed by atoms with van der Waals surface area (Å²) in [5, 5.41) is 2.93. The number of anilines is 1. The zero-order valence-corrected chi connectivity index (χ0v) is 7.37. The number of hydrogen-bond donors (Lipinski definition) is 2. The fraction of sp³-hybridized carbons (Fsp3) is 0.222. The summed E-state index contributed by atoms with van der Waals surface area (Å²) in [6, 6.07) is 3.82. The molecule has 2 aromatic heterocycles. The molecule has 4 nitrogen and oxygen atoms in total. The van der Waals surface area contributed by atoms with Gasteiger partial charge in [-0.1, -0.05) is 0 Å². The van der Waals surface area contributed by atoms with E-state index in [1.165, 1.54) is 0 Å². The first-order valence-corrected chi connectivity index (χ1v) is 4.12. The van der Waals surface area contributed by atoms with E-state index in [1.807, 2.05) is 19.2 Å². The van der Waals surface area contributed by atoms with Gasteiger partial charge in [0.15, 0.2) is 5.95 Å². The van der Waals surface area contributed by atoms with Crippen molar-refractivity contribution in [2.24, 2.45) is 0 Å². The van der Waals surface area contributed by atoms with Crippen molar-refractivity contribution in [2.75, 3.05) is 12.4 Å². The van der Waals surface area contributed by atoms with Gasteiger partial charge in [0.2, 0.25) is 0 Å². The minimum Gasteiger partial charge on any atom is -0.469 e. The molecule has 0 spiro atoms. The maximum atomic E-state index is 5.21. The van der Waals surface area contributed by atoms with E-state index in [0.29, 0.717) is 0 Å². The maximum absolute atomic E-state index is 5.21. The van der Waals surface area contributed by atoms with Crippen molar-refractivity contribution in [3.8, 4) is 0 Å². The molecule has 0 saturated carbocycles. The molecule has 13 heavy (non-hydrogen) atoms. The average Bonchev–Trinajstić information content (AvgIpc) is 2.76. The molecule has 4 heteroatoms. The minimum atomic E-state index is 0.752. The van der Waals surface area contributed by atoms with Gasteiger partial charge in [0.1, 0.15) is 5.76 Å². The second-order valence-electron chi connectivity index (χ2n) is 2.76. The van der Waals surface area contributed by atoms with Crippen LogP contribution in [-0.4, -0.2) is 17.0 Å². The SMILES string of the molecule is CNc1ncc(Cc2ccco2)[nH]1. The number of imidazole rings is 1. The lowest BCUT2D eigenvalue weighted by atomic mass is 10.3. The Labute approximate surface area is 76.0 Å². The Morgan fingerprint density at radius 3 is 3.15 bits per heavy atom. The van der Waals surface area contributed by atoms with Gasteiger partial charge < -0.3 is 14.7 Å². The van der Waals surface area contributed by atoms with Gasteiger partial charge >= 0.3 is 0 Å². The van der Waals surface area contributed by atoms with Gasteiger partial charge in [0, 0.05) is 19.2 Å². The van der Waals surface area contributed by atoms with Crippen LogP contribution in [0.1, 0.15) is 11.5 Å². The van der Waals surface area contributed by atoms with Crippen molar-refractivity contribution in [3.63, 3.8) is 0 Å². The third-order valence-electron chi connectivity index (χ3n) is 1.81. The second kappa shape index (κ2) is 3.35. The van der Waals surface area contributed by atoms with Gasteiger partial charge in [-0.25, -0.2) is 4.98 Å². The van der Waals surface area contributed by atoms with E-state index in [2.05, 4.69) is 15.3 Å². The normalized spacial score (nSPS) is 10.2. The monoisotopic (exact) mass is 177 g/mol. The first kappa shape index (κ1) is 7.91. The number of nitrogens with one attached hydrogen (secondary N) is 2. The molecule has 0 aliphatic heterocycles. The predicted molar refractivity (Wildman–Crippen MR) is 49.6 cm³/mol. The molecule has 0 bridgehead atoms. The Hall–Kier alpha value is -1.71. The Kier molecular flexibility index (Phi) is 2.04. The van der Waals surface area contributed by atoms with E-state index in [1.54, 1.807) is 12.5 Å². The average molecular weight is 177 g/mol. The van der Waals surface area contributed by atoms with Crippen LogP contribution in [0.5, 0.6) is 0 Å². The summed E-state index contributed by atoms with van der Waals surface area (Å²) >= 11 is 0. The van der Waals surface area contributed by atoms with Gasteiger partial charge in [0.25, 0.3) is 0 Å². The summed E-state index contributed by atoms with van der Waals surface area (Å²) in [7, 11) is 1.83. The number of aromatic nitrogens is 2. The van der Waals surface area contributed by atoms with E-state index in [-0.39, 0.29) is 0 Å². The van der Waals surface area contributed by atoms with E-state index in [0.717, 1.165) is 23.8 Å². The molecule has 2 rings (SSSR count). The van der Waals surface area contributed by atoms with Gasteiger partial charge in [-0.3, -0.25) is 0 Å². The largest absolute Gasteiger partial charge is 0.469 e. The van der Waals surface area contributed by atoms with Crippen LogP contribution in [-0.2, 0) is 6.42 Å². The van der Waals surface area contributed by atoms with Crippen molar-refractivity contribution >= 4 is 5.95 Å². The summed E-state index contributed by atoms with van der Waals surface area (Å²) in [4.78, 5) is 7.23. The van der Waals surface area contributed by atoms with Gasteiger partial charge in [-0.15, -0.1) is 0 Å². The third-order valence-corrected chi connectivity index (χ3v) is 1.81. The molecule has 2 N–H and O–H groups in total. The molecule has 0 amide bonds. The molecular weight excluding hydrogens is 166 g/mol. The van der Waals surface area contributed by atoms with Gasteiger partial charge in [-0.2, -0.15) is 0 Å². The molecule has 2 heterocycles. The fourth-order valence-corrected chi connectivity index (χ4v) is 1.18. The van der Waals surface area contributed by atoms with Crippen LogP contribution >= 0.6 is 0 Å². The molecule has 0 fully saturated rings. The second-order valence-corrected chi connectivity index (χ2v) is 2.76. The van der Waals surface area contributed by atoms with Crippen LogP contribution in [0, 0.1) is 0 Å². The van der Waals surface area contributed by atoms with E-state index < -0.39 is 0 Å². The van der Waals surface area contributed by atoms with Crippen molar-refractivity contribution in [3.05, 3.63) is 36.0 Å². The maximum Gasteiger partial charge on any atom is 0.200 e. The summed E-state index contributed by atoms with van der Waals surface area (Å²) in [6.45, 7) is 0. The number of nitrogens with zero attached hydrogens (tertiary/aromatic N) is 1. The Morgan fingerprint density at radius 1 is 1.62 bits per heavy atom. The highest BCUT2D eigenvalue weighted by molar-refractivity contribution is 5.26. The van der Waals surface area contributed by atoms with Crippen LogP contribution < -0.4 is 5.32 Å². The molecule has 2 aromatic rings. The molecule has 0 unspecified atom stereocenters. The lowest BCUT2D eigenvalue weighted by Crippen LogP contribution is -1.90. The number of rotatable bonds is 3. The highest BCUT2D eigenvalue weighted by Crippen LogP contribution is 2.09. The Bertz CT molecular complexity index is 364. The number of hydrogen-bond acceptors (Lipinski definition) is 3. The number of H-pyrrole nitrogens is 1. The molecule has 0 aliphatic carbocycles. The van der Waals surface area contributed by atoms with Crippen LogP contribution in [0.3, 0.4) is 0 Å². The molecule has 0 aromatic carbocycles. The van der Waals surface area contributed by atoms with Crippen molar-refractivity contribution < 1.29 is 4.42 Å². The topological polar surface area (TPSA) is 53.9 Å². The molecule has 68 valence electrons. The van der Waals surface area contributed by atoms with Crippen LogP contribution in [0.15, 0.2) is 29.0 Å². The molecular formula is C9H11N3O. The van der Waals surface area contributed by atoms with E-state index in [9.17, 15) is 0 Å². The number of furan rings is 1. The van der Waals surface area contributed by atoms with Crippen molar-refractivity contribution in [1.82, 2.24) is 9.97 Å². The highest BCUT2D eigenvalue weighted by atomic mass is 16.3. The molecule has 0 aliphatic rings. The van der Waals surface area contributed by atoms with E-state index in [4.69, 9.17) is 4.42 Å². The minimum absolute atomic E-state index is 0.752. The standard InChI is InChI=1S/C9H11N3O/c1-10-9-11-6-7(12-9)5-8-3-2-4-13-8/h2-4,6H,5H2,1H3,(H2,10,11,12). The smallest absolute Gasteiger partial charge is 0.200 e. The fourth-order valence-electron chi connectivity index (χ4n) is 1.18. The zero-order chi connectivity index (χ0) is 9.10. The van der Waals surface area contributed by atoms with Gasteiger partial charge in [-0.05, 0) is 12.1 Å². The lowest BCUT2D eigenvalue weighted by molar-refractivity contribution is 0.519. The molecule has 0 atom stereocenters. The van der Waals surface area contributed by atoms with Crippen molar-refractivity contribution in [2.45, 2.75) is 6.42 Å². The van der Waals surface area contributed by atoms with Crippen LogP contribution in [0.2, 0.25) is 0 Å². The Balaban J connectivity index is 2.10. The van der Waals surface area contributed by atoms with E-state index >= 15 is 0 Å². The summed E-state index contributed by atoms with van der Waals surface area (Å²) in [6.07, 6.45) is 4.22. The van der Waals surface area contributed by atoms with Crippen molar-refractivity contribution in [1.29, 1.82) is 0 Å². The third kappa shape index (κ3) is 1.72. The quantitative estimate of drug-likeness (QED) is 0.749.